The molecule has 394 valence electrons. The van der Waals surface area contributed by atoms with Crippen molar-refractivity contribution in [2.24, 2.45) is 0 Å². The molecule has 4 aromatic carbocycles. The van der Waals surface area contributed by atoms with Crippen LogP contribution in [0.2, 0.25) is 10.0 Å². The first-order chi connectivity index (χ1) is 35.6. The number of alkyl halides is 3. The first-order valence-corrected chi connectivity index (χ1v) is 25.5. The number of hydrogen-bond acceptors (Lipinski definition) is 13. The summed E-state index contributed by atoms with van der Waals surface area (Å²) in [7, 11) is -4.17. The van der Waals surface area contributed by atoms with Gasteiger partial charge < -0.3 is 33.9 Å². The van der Waals surface area contributed by atoms with Crippen LogP contribution in [0.4, 0.5) is 13.2 Å². The highest BCUT2D eigenvalue weighted by molar-refractivity contribution is 7.87. The Morgan fingerprint density at radius 2 is 1.15 bits per heavy atom. The molecule has 4 N–H and O–H groups in total. The minimum atomic E-state index is -5.66. The van der Waals surface area contributed by atoms with Crippen molar-refractivity contribution in [3.8, 4) is 11.8 Å². The number of carbonyl (C=O) groups is 2. The molecule has 2 aliphatic carbocycles. The van der Waals surface area contributed by atoms with E-state index in [0.717, 1.165) is 64.9 Å². The lowest BCUT2D eigenvalue weighted by molar-refractivity contribution is -0.0524. The fourth-order valence-corrected chi connectivity index (χ4v) is 9.66. The van der Waals surface area contributed by atoms with Crippen molar-refractivity contribution in [1.82, 2.24) is 19.9 Å². The van der Waals surface area contributed by atoms with Crippen LogP contribution in [0.25, 0.3) is 5.57 Å². The van der Waals surface area contributed by atoms with E-state index in [0.29, 0.717) is 47.7 Å². The highest BCUT2D eigenvalue weighted by Crippen LogP contribution is 2.41. The first kappa shape index (κ1) is 57.4. The van der Waals surface area contributed by atoms with Crippen molar-refractivity contribution in [3.05, 3.63) is 187 Å². The van der Waals surface area contributed by atoms with Gasteiger partial charge in [0.1, 0.15) is 17.4 Å². The lowest BCUT2D eigenvalue weighted by Gasteiger charge is -2.25. The molecule has 0 saturated carbocycles. The number of carboxylic acid groups (broad SMARTS) is 2. The zero-order chi connectivity index (χ0) is 54.6. The largest absolute Gasteiger partial charge is 0.534 e. The van der Waals surface area contributed by atoms with E-state index < -0.39 is 34.7 Å². The lowest BCUT2D eigenvalue weighted by atomic mass is 9.80. The van der Waals surface area contributed by atoms with E-state index in [1.54, 1.807) is 26.2 Å². The Bertz CT molecular complexity index is 3190. The fourth-order valence-electron chi connectivity index (χ4n) is 8.55. The molecule has 0 radical (unpaired) electrons. The van der Waals surface area contributed by atoms with Crippen LogP contribution in [0.5, 0.6) is 11.8 Å². The second-order valence-corrected chi connectivity index (χ2v) is 19.7. The second kappa shape index (κ2) is 25.6. The molecular formula is C53H52BCl2F3N4O11S. The maximum absolute atomic E-state index is 12.5. The van der Waals surface area contributed by atoms with Crippen LogP contribution in [0.1, 0.15) is 122 Å². The average molecular weight is 1090 g/mol. The van der Waals surface area contributed by atoms with Crippen molar-refractivity contribution < 1.29 is 65.1 Å². The zero-order valence-corrected chi connectivity index (χ0v) is 43.3. The van der Waals surface area contributed by atoms with Gasteiger partial charge in [0.05, 0.1) is 36.7 Å². The second-order valence-electron chi connectivity index (χ2n) is 17.4. The topological polar surface area (TPSA) is 228 Å². The monoisotopic (exact) mass is 1090 g/mol. The Labute approximate surface area is 442 Å². The summed E-state index contributed by atoms with van der Waals surface area (Å²) in [6.45, 7) is 3.63. The highest BCUT2D eigenvalue weighted by Gasteiger charge is 2.49. The maximum atomic E-state index is 12.5. The average Bonchev–Trinajstić information content (AvgIpc) is 3.37. The number of nitrogens with zero attached hydrogens (tertiary/aromatic N) is 4. The van der Waals surface area contributed by atoms with E-state index in [1.807, 2.05) is 55.5 Å². The molecule has 2 aromatic heterocycles. The number of hydrogen-bond donors (Lipinski definition) is 4. The van der Waals surface area contributed by atoms with E-state index in [-0.39, 0.29) is 45.6 Å². The molecular weight excluding hydrogens is 1040 g/mol. The van der Waals surface area contributed by atoms with Crippen molar-refractivity contribution in [2.75, 3.05) is 14.2 Å². The molecule has 15 nitrogen and oxygen atoms in total. The number of halogens is 5. The third-order valence-corrected chi connectivity index (χ3v) is 13.8. The standard InChI is InChI=1S/C26H25ClN2O3.C20H21F3N2O4S.C7H6BClO4/c1-16-28-24(22(25(29-16)32-2)14-17-6-4-3-5-7-17)19-10-8-18(9-11-19)21-13-12-20(26(30)31)15-23(21)27;1-13-24-18(17(19(25-13)28-2)12-14-6-4-3-5-7-14)15-8-10-16(11-9-15)29-30(26,27)20(21,22)23;9-6-3-4(7(10)11)1-2-5(6)8(12)13/h3-8,12-13,15,19H,9-11,14H2,1-2H3,(H,30,31);3-7,10,15H,8-9,11-12H2,1-2H3;1-3,12-13H,(H,10,11). The molecule has 2 unspecified atom stereocenters. The molecule has 8 rings (SSSR count). The van der Waals surface area contributed by atoms with Gasteiger partial charge in [-0.15, -0.1) is 0 Å². The number of aryl methyl sites for hydroxylation is 2. The SMILES string of the molecule is COc1nc(C)nc(C2CC=C(OS(=O)(=O)C(F)(F)F)CC2)c1Cc1ccccc1.COc1nc(C)nc(C2CC=C(c3ccc(C(=O)O)cc3Cl)CC2)c1Cc1ccccc1.O=C(O)c1ccc(B(O)O)c(Cl)c1. The van der Waals surface area contributed by atoms with Gasteiger partial charge in [0, 0.05) is 57.7 Å². The van der Waals surface area contributed by atoms with Gasteiger partial charge >= 0.3 is 34.7 Å². The van der Waals surface area contributed by atoms with Crippen LogP contribution in [0, 0.1) is 13.8 Å². The van der Waals surface area contributed by atoms with E-state index >= 15 is 0 Å². The summed E-state index contributed by atoms with van der Waals surface area (Å²) in [4.78, 5) is 39.9. The minimum absolute atomic E-state index is 0.00870. The van der Waals surface area contributed by atoms with Crippen LogP contribution in [-0.2, 0) is 27.1 Å². The fraction of sp³-hybridized carbons (Fsp3) is 0.283. The molecule has 75 heavy (non-hydrogen) atoms. The summed E-state index contributed by atoms with van der Waals surface area (Å²) in [5.41, 5.74) is 2.75. The molecule has 0 fully saturated rings. The highest BCUT2D eigenvalue weighted by atomic mass is 35.5. The summed E-state index contributed by atoms with van der Waals surface area (Å²) < 4.78 is 75.5. The Kier molecular flexibility index (Phi) is 19.6. The molecule has 0 saturated heterocycles. The Hall–Kier alpha value is -6.84. The number of methoxy groups -OCH3 is 2. The molecule has 6 aromatic rings. The van der Waals surface area contributed by atoms with E-state index in [2.05, 4.69) is 37.3 Å². The Balaban J connectivity index is 0.000000198. The molecule has 22 heteroatoms. The third kappa shape index (κ3) is 15.2. The van der Waals surface area contributed by atoms with Crippen LogP contribution < -0.4 is 14.9 Å². The number of ether oxygens (including phenoxy) is 2. The van der Waals surface area contributed by atoms with Gasteiger partial charge in [-0.2, -0.15) is 31.6 Å². The van der Waals surface area contributed by atoms with E-state index in [9.17, 15) is 36.3 Å². The minimum Gasteiger partial charge on any atom is -0.481 e. The molecule has 0 aliphatic heterocycles. The van der Waals surface area contributed by atoms with Crippen LogP contribution in [0.15, 0.2) is 115 Å². The predicted molar refractivity (Wildman–Crippen MR) is 277 cm³/mol. The summed E-state index contributed by atoms with van der Waals surface area (Å²) in [6, 6.07) is 28.6. The molecule has 0 spiro atoms. The first-order valence-electron chi connectivity index (χ1n) is 23.3. The quantitative estimate of drug-likeness (QED) is 0.0452. The van der Waals surface area contributed by atoms with Gasteiger partial charge in [-0.25, -0.2) is 19.6 Å². The van der Waals surface area contributed by atoms with E-state index in [4.69, 9.17) is 52.8 Å². The van der Waals surface area contributed by atoms with Crippen LogP contribution >= 0.6 is 23.2 Å². The van der Waals surface area contributed by atoms with Gasteiger partial charge in [0.25, 0.3) is 0 Å². The number of rotatable bonds is 14. The lowest BCUT2D eigenvalue weighted by Crippen LogP contribution is -2.30. The van der Waals surface area contributed by atoms with Crippen molar-refractivity contribution in [1.29, 1.82) is 0 Å². The normalized spacial score (nSPS) is 15.4. The Morgan fingerprint density at radius 1 is 0.680 bits per heavy atom. The van der Waals surface area contributed by atoms with Gasteiger partial charge in [0.15, 0.2) is 0 Å². The smallest absolute Gasteiger partial charge is 0.481 e. The van der Waals surface area contributed by atoms with Crippen molar-refractivity contribution in [3.63, 3.8) is 0 Å². The van der Waals surface area contributed by atoms with Gasteiger partial charge in [-0.3, -0.25) is 0 Å². The maximum Gasteiger partial charge on any atom is 0.534 e. The molecule has 0 bridgehead atoms. The van der Waals surface area contributed by atoms with E-state index in [1.165, 1.54) is 43.0 Å². The van der Waals surface area contributed by atoms with Crippen LogP contribution in [0.3, 0.4) is 0 Å². The molecule has 2 heterocycles. The zero-order valence-electron chi connectivity index (χ0n) is 41.0. The number of aromatic carboxylic acids is 2. The van der Waals surface area contributed by atoms with Gasteiger partial charge in [-0.05, 0) is 98.6 Å². The number of allylic oxidation sites excluding steroid dienone is 4. The molecule has 0 amide bonds. The molecule has 2 atom stereocenters. The third-order valence-electron chi connectivity index (χ3n) is 12.2. The summed E-state index contributed by atoms with van der Waals surface area (Å²) >= 11 is 12.0. The van der Waals surface area contributed by atoms with Crippen molar-refractivity contribution >= 4 is 63.4 Å². The van der Waals surface area contributed by atoms with Crippen LogP contribution in [-0.4, -0.2) is 87.4 Å². The molecule has 2 aliphatic rings. The Morgan fingerprint density at radius 3 is 1.53 bits per heavy atom. The number of aromatic nitrogens is 4. The number of carboxylic acids is 2. The summed E-state index contributed by atoms with van der Waals surface area (Å²) in [5.74, 6) is 0.151. The summed E-state index contributed by atoms with van der Waals surface area (Å²) in [6.07, 6.45) is 8.16. The number of benzene rings is 4. The summed E-state index contributed by atoms with van der Waals surface area (Å²) in [5, 5.41) is 35.7. The van der Waals surface area contributed by atoms with Gasteiger partial charge in [0.2, 0.25) is 11.8 Å². The van der Waals surface area contributed by atoms with Gasteiger partial charge in [-0.1, -0.05) is 102 Å². The van der Waals surface area contributed by atoms with Crippen molar-refractivity contribution in [2.45, 2.75) is 82.6 Å². The predicted octanol–water partition coefficient (Wildman–Crippen LogP) is 10.2.